The summed E-state index contributed by atoms with van der Waals surface area (Å²) in [5.41, 5.74) is 1.90. The average molecular weight is 403 g/mol. The van der Waals surface area contributed by atoms with Gasteiger partial charge in [0, 0.05) is 36.6 Å². The van der Waals surface area contributed by atoms with Gasteiger partial charge < -0.3 is 15.4 Å². The van der Waals surface area contributed by atoms with Gasteiger partial charge in [0.15, 0.2) is 0 Å². The summed E-state index contributed by atoms with van der Waals surface area (Å²) < 4.78 is 41.6. The third-order valence-corrected chi connectivity index (χ3v) is 3.70. The summed E-state index contributed by atoms with van der Waals surface area (Å²) in [6.07, 6.45) is -1.33. The molecule has 0 atom stereocenters. The van der Waals surface area contributed by atoms with E-state index in [1.54, 1.807) is 24.5 Å². The van der Waals surface area contributed by atoms with Crippen molar-refractivity contribution in [1.82, 2.24) is 15.0 Å². The lowest BCUT2D eigenvalue weighted by molar-refractivity contribution is -0.274. The Labute approximate surface area is 166 Å². The van der Waals surface area contributed by atoms with Crippen LogP contribution in [0.3, 0.4) is 0 Å². The van der Waals surface area contributed by atoms with Crippen LogP contribution in [0.5, 0.6) is 5.75 Å². The van der Waals surface area contributed by atoms with E-state index in [0.29, 0.717) is 29.6 Å². The first-order valence-electron chi connectivity index (χ1n) is 8.93. The molecule has 3 aromatic rings. The van der Waals surface area contributed by atoms with Gasteiger partial charge in [-0.15, -0.1) is 13.2 Å². The molecule has 6 nitrogen and oxygen atoms in total. The Morgan fingerprint density at radius 3 is 2.59 bits per heavy atom. The van der Waals surface area contributed by atoms with E-state index in [1.165, 1.54) is 18.2 Å². The van der Waals surface area contributed by atoms with E-state index in [-0.39, 0.29) is 11.8 Å². The maximum Gasteiger partial charge on any atom is 0.573 e. The normalized spacial score (nSPS) is 11.4. The SMILES string of the molecule is CC(C)Nc1nc(NCc2cccnc2)cc(-c2cccc(OC(F)(F)F)c2)n1. The summed E-state index contributed by atoms with van der Waals surface area (Å²) in [6, 6.07) is 11.2. The lowest BCUT2D eigenvalue weighted by atomic mass is 10.1. The van der Waals surface area contributed by atoms with E-state index in [0.717, 1.165) is 5.56 Å². The second-order valence-electron chi connectivity index (χ2n) is 6.55. The molecule has 9 heteroatoms. The summed E-state index contributed by atoms with van der Waals surface area (Å²) in [5, 5.41) is 6.32. The molecule has 0 aliphatic rings. The minimum atomic E-state index is -4.76. The van der Waals surface area contributed by atoms with E-state index >= 15 is 0 Å². The molecular weight excluding hydrogens is 383 g/mol. The molecule has 2 N–H and O–H groups in total. The first-order valence-corrected chi connectivity index (χ1v) is 8.93. The molecule has 0 aliphatic heterocycles. The van der Waals surface area contributed by atoms with Crippen molar-refractivity contribution in [2.24, 2.45) is 0 Å². The number of aromatic nitrogens is 3. The Balaban J connectivity index is 1.90. The first-order chi connectivity index (χ1) is 13.8. The van der Waals surface area contributed by atoms with Crippen molar-refractivity contribution >= 4 is 11.8 Å². The Kier molecular flexibility index (Phi) is 6.16. The highest BCUT2D eigenvalue weighted by molar-refractivity contribution is 5.66. The van der Waals surface area contributed by atoms with Crippen LogP contribution in [0.1, 0.15) is 19.4 Å². The van der Waals surface area contributed by atoms with E-state index in [4.69, 9.17) is 0 Å². The average Bonchev–Trinajstić information content (AvgIpc) is 2.65. The van der Waals surface area contributed by atoms with E-state index in [1.807, 2.05) is 26.0 Å². The quantitative estimate of drug-likeness (QED) is 0.587. The number of alkyl halides is 3. The Hall–Kier alpha value is -3.36. The minimum absolute atomic E-state index is 0.0799. The molecular formula is C20H20F3N5O. The predicted octanol–water partition coefficient (Wildman–Crippen LogP) is 4.87. The first kappa shape index (κ1) is 20.4. The summed E-state index contributed by atoms with van der Waals surface area (Å²) in [4.78, 5) is 12.9. The topological polar surface area (TPSA) is 72.0 Å². The predicted molar refractivity (Wildman–Crippen MR) is 104 cm³/mol. The standard InChI is InChI=1S/C20H20F3N5O/c1-13(2)26-19-27-17(15-6-3-7-16(9-15)29-20(21,22)23)10-18(28-19)25-12-14-5-4-8-24-11-14/h3-11,13H,12H2,1-2H3,(H2,25,26,27,28). The number of rotatable bonds is 7. The van der Waals surface area contributed by atoms with Crippen LogP contribution in [0.4, 0.5) is 24.9 Å². The number of halogens is 3. The van der Waals surface area contributed by atoms with Gasteiger partial charge in [-0.25, -0.2) is 4.98 Å². The Morgan fingerprint density at radius 2 is 1.90 bits per heavy atom. The summed E-state index contributed by atoms with van der Waals surface area (Å²) in [5.74, 6) is 0.592. The number of benzene rings is 1. The van der Waals surface area contributed by atoms with Gasteiger partial charge in [-0.2, -0.15) is 4.98 Å². The van der Waals surface area contributed by atoms with Crippen LogP contribution in [0.15, 0.2) is 54.9 Å². The molecule has 29 heavy (non-hydrogen) atoms. The molecule has 0 fully saturated rings. The molecule has 1 aromatic carbocycles. The van der Waals surface area contributed by atoms with E-state index in [9.17, 15) is 13.2 Å². The van der Waals surface area contributed by atoms with Crippen molar-refractivity contribution in [3.05, 3.63) is 60.4 Å². The molecule has 0 spiro atoms. The van der Waals surface area contributed by atoms with Gasteiger partial charge in [-0.05, 0) is 37.6 Å². The van der Waals surface area contributed by atoms with Crippen LogP contribution in [-0.2, 0) is 6.54 Å². The van der Waals surface area contributed by atoms with Crippen molar-refractivity contribution < 1.29 is 17.9 Å². The molecule has 0 amide bonds. The molecule has 3 rings (SSSR count). The fourth-order valence-electron chi connectivity index (χ4n) is 2.56. The number of hydrogen-bond acceptors (Lipinski definition) is 6. The highest BCUT2D eigenvalue weighted by Gasteiger charge is 2.31. The monoisotopic (exact) mass is 403 g/mol. The summed E-state index contributed by atoms with van der Waals surface area (Å²) in [6.45, 7) is 4.37. The molecule has 0 unspecified atom stereocenters. The zero-order valence-electron chi connectivity index (χ0n) is 15.9. The molecule has 152 valence electrons. The Morgan fingerprint density at radius 1 is 1.07 bits per heavy atom. The van der Waals surface area contributed by atoms with Gasteiger partial charge >= 0.3 is 6.36 Å². The van der Waals surface area contributed by atoms with Gasteiger partial charge in [0.1, 0.15) is 11.6 Å². The fourth-order valence-corrected chi connectivity index (χ4v) is 2.56. The van der Waals surface area contributed by atoms with Crippen LogP contribution >= 0.6 is 0 Å². The van der Waals surface area contributed by atoms with Crippen LogP contribution in [0.25, 0.3) is 11.3 Å². The largest absolute Gasteiger partial charge is 0.573 e. The summed E-state index contributed by atoms with van der Waals surface area (Å²) in [7, 11) is 0. The fraction of sp³-hybridized carbons (Fsp3) is 0.250. The van der Waals surface area contributed by atoms with Crippen molar-refractivity contribution in [2.75, 3.05) is 10.6 Å². The number of nitrogens with one attached hydrogen (secondary N) is 2. The molecule has 0 saturated carbocycles. The van der Waals surface area contributed by atoms with Crippen LogP contribution < -0.4 is 15.4 Å². The molecule has 0 bridgehead atoms. The van der Waals surface area contributed by atoms with Gasteiger partial charge in [0.05, 0.1) is 5.69 Å². The third kappa shape index (κ3) is 6.34. The van der Waals surface area contributed by atoms with Gasteiger partial charge in [-0.3, -0.25) is 4.98 Å². The van der Waals surface area contributed by atoms with E-state index < -0.39 is 6.36 Å². The highest BCUT2D eigenvalue weighted by Crippen LogP contribution is 2.28. The smallest absolute Gasteiger partial charge is 0.406 e. The Bertz CT molecular complexity index is 948. The number of anilines is 2. The van der Waals surface area contributed by atoms with Crippen molar-refractivity contribution in [3.8, 4) is 17.0 Å². The van der Waals surface area contributed by atoms with Crippen molar-refractivity contribution in [1.29, 1.82) is 0 Å². The molecule has 2 aromatic heterocycles. The maximum atomic E-state index is 12.5. The van der Waals surface area contributed by atoms with Crippen molar-refractivity contribution in [3.63, 3.8) is 0 Å². The van der Waals surface area contributed by atoms with Crippen LogP contribution in [0.2, 0.25) is 0 Å². The minimum Gasteiger partial charge on any atom is -0.406 e. The van der Waals surface area contributed by atoms with Gasteiger partial charge in [-0.1, -0.05) is 18.2 Å². The molecule has 0 saturated heterocycles. The lowest BCUT2D eigenvalue weighted by Gasteiger charge is -2.14. The zero-order chi connectivity index (χ0) is 20.9. The zero-order valence-corrected chi connectivity index (χ0v) is 15.9. The molecule has 2 heterocycles. The number of hydrogen-bond donors (Lipinski definition) is 2. The number of nitrogens with zero attached hydrogens (tertiary/aromatic N) is 3. The molecule has 0 aliphatic carbocycles. The second kappa shape index (κ2) is 8.76. The number of pyridine rings is 1. The van der Waals surface area contributed by atoms with Gasteiger partial charge in [0.2, 0.25) is 5.95 Å². The highest BCUT2D eigenvalue weighted by atomic mass is 19.4. The lowest BCUT2D eigenvalue weighted by Crippen LogP contribution is -2.17. The summed E-state index contributed by atoms with van der Waals surface area (Å²) >= 11 is 0. The maximum absolute atomic E-state index is 12.5. The van der Waals surface area contributed by atoms with Gasteiger partial charge in [0.25, 0.3) is 0 Å². The third-order valence-electron chi connectivity index (χ3n) is 3.70. The second-order valence-corrected chi connectivity index (χ2v) is 6.55. The number of ether oxygens (including phenoxy) is 1. The van der Waals surface area contributed by atoms with Crippen molar-refractivity contribution in [2.45, 2.75) is 32.8 Å². The van der Waals surface area contributed by atoms with Crippen LogP contribution in [0, 0.1) is 0 Å². The van der Waals surface area contributed by atoms with Crippen LogP contribution in [-0.4, -0.2) is 27.4 Å². The molecule has 0 radical (unpaired) electrons. The van der Waals surface area contributed by atoms with E-state index in [2.05, 4.69) is 30.3 Å².